The zero-order chi connectivity index (χ0) is 13.0. The highest BCUT2D eigenvalue weighted by Crippen LogP contribution is 2.07. The van der Waals surface area contributed by atoms with Gasteiger partial charge in [-0.15, -0.1) is 0 Å². The lowest BCUT2D eigenvalue weighted by Crippen LogP contribution is -2.30. The number of aromatic amines is 1. The topological polar surface area (TPSA) is 79.7 Å². The predicted molar refractivity (Wildman–Crippen MR) is 64.7 cm³/mol. The van der Waals surface area contributed by atoms with E-state index in [0.29, 0.717) is 18.8 Å². The number of hydrogen-bond donors (Lipinski definition) is 1. The average Bonchev–Trinajstić information content (AvgIpc) is 3.06. The summed E-state index contributed by atoms with van der Waals surface area (Å²) < 4.78 is 1.84. The van der Waals surface area contributed by atoms with Gasteiger partial charge < -0.3 is 4.90 Å². The monoisotopic (exact) mass is 248 g/mol. The highest BCUT2D eigenvalue weighted by Gasteiger charge is 2.17. The van der Waals surface area contributed by atoms with Crippen LogP contribution < -0.4 is 0 Å². The number of nitrogens with zero attached hydrogens (tertiary/aromatic N) is 5. The van der Waals surface area contributed by atoms with Crippen molar-refractivity contribution in [1.82, 2.24) is 30.1 Å². The number of carbonyl (C=O) groups excluding carboxylic acids is 1. The van der Waals surface area contributed by atoms with Gasteiger partial charge in [0.1, 0.15) is 0 Å². The SMILES string of the molecule is CCN(Cc1cnn(CC)c1)C(=O)c1cn[nH]n1. The Morgan fingerprint density at radius 3 is 2.83 bits per heavy atom. The van der Waals surface area contributed by atoms with Crippen molar-refractivity contribution in [1.29, 1.82) is 0 Å². The van der Waals surface area contributed by atoms with E-state index in [1.165, 1.54) is 6.20 Å². The molecule has 0 unspecified atom stereocenters. The van der Waals surface area contributed by atoms with Gasteiger partial charge in [0.25, 0.3) is 5.91 Å². The van der Waals surface area contributed by atoms with Crippen LogP contribution in [0.5, 0.6) is 0 Å². The molecule has 18 heavy (non-hydrogen) atoms. The fourth-order valence-corrected chi connectivity index (χ4v) is 1.68. The van der Waals surface area contributed by atoms with Crippen molar-refractivity contribution in [2.75, 3.05) is 6.54 Å². The van der Waals surface area contributed by atoms with Crippen molar-refractivity contribution in [3.05, 3.63) is 29.8 Å². The molecule has 0 aliphatic carbocycles. The minimum Gasteiger partial charge on any atom is -0.333 e. The van der Waals surface area contributed by atoms with Crippen LogP contribution >= 0.6 is 0 Å². The van der Waals surface area contributed by atoms with Gasteiger partial charge in [-0.2, -0.15) is 20.5 Å². The highest BCUT2D eigenvalue weighted by molar-refractivity contribution is 5.91. The van der Waals surface area contributed by atoms with Gasteiger partial charge in [0, 0.05) is 31.4 Å². The Kier molecular flexibility index (Phi) is 3.71. The van der Waals surface area contributed by atoms with Gasteiger partial charge in [0.2, 0.25) is 0 Å². The standard InChI is InChI=1S/C11H16N6O/c1-3-16(11(18)10-6-12-15-14-10)7-9-5-13-17(4-2)8-9/h5-6,8H,3-4,7H2,1-2H3,(H,12,14,15). The third kappa shape index (κ3) is 2.55. The summed E-state index contributed by atoms with van der Waals surface area (Å²) in [5.41, 5.74) is 1.34. The molecule has 0 fully saturated rings. The first-order valence-electron chi connectivity index (χ1n) is 5.91. The number of aromatic nitrogens is 5. The van der Waals surface area contributed by atoms with E-state index < -0.39 is 0 Å². The molecule has 0 bridgehead atoms. The van der Waals surface area contributed by atoms with E-state index in [4.69, 9.17) is 0 Å². The summed E-state index contributed by atoms with van der Waals surface area (Å²) in [4.78, 5) is 13.8. The Bertz CT molecular complexity index is 503. The molecule has 0 saturated carbocycles. The van der Waals surface area contributed by atoms with Crippen molar-refractivity contribution in [2.24, 2.45) is 0 Å². The van der Waals surface area contributed by atoms with Crippen LogP contribution in [0.2, 0.25) is 0 Å². The minimum absolute atomic E-state index is 0.129. The lowest BCUT2D eigenvalue weighted by atomic mass is 10.3. The third-order valence-corrected chi connectivity index (χ3v) is 2.69. The molecule has 2 aromatic rings. The average molecular weight is 248 g/mol. The molecule has 2 aromatic heterocycles. The summed E-state index contributed by atoms with van der Waals surface area (Å²) in [6, 6.07) is 0. The van der Waals surface area contributed by atoms with Gasteiger partial charge in [0.15, 0.2) is 5.69 Å². The first kappa shape index (κ1) is 12.3. The van der Waals surface area contributed by atoms with Gasteiger partial charge in [-0.05, 0) is 13.8 Å². The van der Waals surface area contributed by atoms with Crippen LogP contribution in [-0.4, -0.2) is 42.5 Å². The van der Waals surface area contributed by atoms with Gasteiger partial charge in [-0.3, -0.25) is 9.48 Å². The van der Waals surface area contributed by atoms with Gasteiger partial charge >= 0.3 is 0 Å². The summed E-state index contributed by atoms with van der Waals surface area (Å²) >= 11 is 0. The second kappa shape index (κ2) is 5.44. The molecule has 2 heterocycles. The van der Waals surface area contributed by atoms with Crippen LogP contribution in [0.3, 0.4) is 0 Å². The van der Waals surface area contributed by atoms with Crippen LogP contribution in [0.15, 0.2) is 18.6 Å². The van der Waals surface area contributed by atoms with Gasteiger partial charge in [0.05, 0.1) is 12.4 Å². The molecule has 0 radical (unpaired) electrons. The molecular formula is C11H16N6O. The molecule has 2 rings (SSSR count). The molecular weight excluding hydrogens is 232 g/mol. The largest absolute Gasteiger partial charge is 0.333 e. The molecule has 0 aliphatic rings. The maximum Gasteiger partial charge on any atom is 0.276 e. The normalized spacial score (nSPS) is 10.6. The fourth-order valence-electron chi connectivity index (χ4n) is 1.68. The summed E-state index contributed by atoms with van der Waals surface area (Å²) in [7, 11) is 0. The zero-order valence-electron chi connectivity index (χ0n) is 10.5. The van der Waals surface area contributed by atoms with Crippen LogP contribution in [0.25, 0.3) is 0 Å². The summed E-state index contributed by atoms with van der Waals surface area (Å²) in [6.07, 6.45) is 5.15. The van der Waals surface area contributed by atoms with Crippen LogP contribution in [0, 0.1) is 0 Å². The third-order valence-electron chi connectivity index (χ3n) is 2.69. The number of hydrogen-bond acceptors (Lipinski definition) is 4. The van der Waals surface area contributed by atoms with E-state index in [1.54, 1.807) is 11.1 Å². The maximum atomic E-state index is 12.1. The van der Waals surface area contributed by atoms with Crippen molar-refractivity contribution in [3.8, 4) is 0 Å². The predicted octanol–water partition coefficient (Wildman–Crippen LogP) is 0.683. The van der Waals surface area contributed by atoms with Crippen molar-refractivity contribution >= 4 is 5.91 Å². The Hall–Kier alpha value is -2.18. The van der Waals surface area contributed by atoms with E-state index in [-0.39, 0.29) is 5.91 Å². The Balaban J connectivity index is 2.07. The molecule has 96 valence electrons. The Morgan fingerprint density at radius 2 is 2.28 bits per heavy atom. The Morgan fingerprint density at radius 1 is 1.44 bits per heavy atom. The molecule has 1 N–H and O–H groups in total. The van der Waals surface area contributed by atoms with Crippen LogP contribution in [0.1, 0.15) is 29.9 Å². The van der Waals surface area contributed by atoms with Crippen LogP contribution in [0.4, 0.5) is 0 Å². The number of aryl methyl sites for hydroxylation is 1. The minimum atomic E-state index is -0.129. The maximum absolute atomic E-state index is 12.1. The van der Waals surface area contributed by atoms with E-state index in [1.807, 2.05) is 24.7 Å². The van der Waals surface area contributed by atoms with Crippen molar-refractivity contribution in [2.45, 2.75) is 26.9 Å². The first-order chi connectivity index (χ1) is 8.74. The summed E-state index contributed by atoms with van der Waals surface area (Å²) in [5.74, 6) is -0.129. The number of amides is 1. The second-order valence-corrected chi connectivity index (χ2v) is 3.88. The van der Waals surface area contributed by atoms with E-state index in [2.05, 4.69) is 20.5 Å². The first-order valence-corrected chi connectivity index (χ1v) is 5.91. The smallest absolute Gasteiger partial charge is 0.276 e. The van der Waals surface area contributed by atoms with Gasteiger partial charge in [-0.25, -0.2) is 0 Å². The number of carbonyl (C=O) groups is 1. The lowest BCUT2D eigenvalue weighted by Gasteiger charge is -2.18. The quantitative estimate of drug-likeness (QED) is 0.844. The summed E-state index contributed by atoms with van der Waals surface area (Å²) in [6.45, 7) is 5.92. The van der Waals surface area contributed by atoms with Crippen LogP contribution in [-0.2, 0) is 13.1 Å². The number of rotatable bonds is 5. The number of nitrogens with one attached hydrogen (secondary N) is 1. The van der Waals surface area contributed by atoms with Crippen molar-refractivity contribution < 1.29 is 4.79 Å². The summed E-state index contributed by atoms with van der Waals surface area (Å²) in [5, 5.41) is 14.1. The second-order valence-electron chi connectivity index (χ2n) is 3.88. The number of H-pyrrole nitrogens is 1. The molecule has 1 amide bonds. The van der Waals surface area contributed by atoms with E-state index in [9.17, 15) is 4.79 Å². The highest BCUT2D eigenvalue weighted by atomic mass is 16.2. The Labute approximate surface area is 105 Å². The van der Waals surface area contributed by atoms with E-state index in [0.717, 1.165) is 12.1 Å². The van der Waals surface area contributed by atoms with Gasteiger partial charge in [-0.1, -0.05) is 0 Å². The molecule has 0 saturated heterocycles. The zero-order valence-corrected chi connectivity index (χ0v) is 10.5. The lowest BCUT2D eigenvalue weighted by molar-refractivity contribution is 0.0746. The van der Waals surface area contributed by atoms with E-state index >= 15 is 0 Å². The molecule has 0 spiro atoms. The molecule has 7 heteroatoms. The van der Waals surface area contributed by atoms with Crippen molar-refractivity contribution in [3.63, 3.8) is 0 Å². The molecule has 0 aromatic carbocycles. The molecule has 7 nitrogen and oxygen atoms in total. The molecule has 0 atom stereocenters. The fraction of sp³-hybridized carbons (Fsp3) is 0.455. The molecule has 0 aliphatic heterocycles.